The molecule has 0 spiro atoms. The van der Waals surface area contributed by atoms with Crippen molar-refractivity contribution in [3.05, 3.63) is 117 Å². The molecule has 10 nitrogen and oxygen atoms in total. The van der Waals surface area contributed by atoms with Crippen molar-refractivity contribution in [2.24, 2.45) is 5.92 Å². The number of aryl methyl sites for hydroxylation is 1. The minimum atomic E-state index is -0.591. The van der Waals surface area contributed by atoms with Gasteiger partial charge in [0.25, 0.3) is 5.91 Å². The van der Waals surface area contributed by atoms with E-state index < -0.39 is 17.6 Å². The molecule has 1 aliphatic rings. The van der Waals surface area contributed by atoms with Gasteiger partial charge in [0.15, 0.2) is 0 Å². The van der Waals surface area contributed by atoms with Crippen molar-refractivity contribution >= 4 is 29.5 Å². The molecule has 1 aromatic heterocycles. The van der Waals surface area contributed by atoms with Crippen LogP contribution in [0, 0.1) is 24.2 Å². The number of piperidine rings is 1. The molecule has 5 rings (SSSR count). The Hall–Kier alpha value is -5.11. The number of likely N-dealkylation sites (tertiary alicyclic amines) is 1. The molecular weight excluding hydrogens is 690 g/mol. The van der Waals surface area contributed by atoms with Crippen LogP contribution in [0.2, 0.25) is 5.02 Å². The monoisotopic (exact) mass is 737 g/mol. The van der Waals surface area contributed by atoms with Crippen LogP contribution < -0.4 is 16.0 Å². The van der Waals surface area contributed by atoms with Gasteiger partial charge in [-0.1, -0.05) is 53.6 Å². The Morgan fingerprint density at radius 2 is 1.70 bits per heavy atom. The Balaban J connectivity index is 1.23. The van der Waals surface area contributed by atoms with Gasteiger partial charge in [-0.05, 0) is 107 Å². The van der Waals surface area contributed by atoms with Crippen LogP contribution in [0.4, 0.5) is 4.79 Å². The van der Waals surface area contributed by atoms with E-state index >= 15 is 0 Å². The zero-order valence-corrected chi connectivity index (χ0v) is 31.8. The fraction of sp³-hybridized carbons (Fsp3) is 0.381. The first-order valence-corrected chi connectivity index (χ1v) is 18.4. The Labute approximate surface area is 316 Å². The number of carbonyl (C=O) groups is 3. The van der Waals surface area contributed by atoms with E-state index in [1.54, 1.807) is 29.2 Å². The molecule has 0 aliphatic carbocycles. The number of nitriles is 1. The lowest BCUT2D eigenvalue weighted by atomic mass is 9.96. The number of carbonyl (C=O) groups excluding carboxylic acids is 3. The summed E-state index contributed by atoms with van der Waals surface area (Å²) in [4.78, 5) is 41.2. The molecule has 3 aromatic carbocycles. The van der Waals surface area contributed by atoms with E-state index in [1.165, 1.54) is 11.1 Å². The van der Waals surface area contributed by atoms with Crippen molar-refractivity contribution in [3.8, 4) is 17.4 Å². The maximum atomic E-state index is 13.8. The van der Waals surface area contributed by atoms with Gasteiger partial charge < -0.3 is 30.0 Å². The summed E-state index contributed by atoms with van der Waals surface area (Å²) in [5.41, 5.74) is 4.21. The van der Waals surface area contributed by atoms with E-state index in [0.29, 0.717) is 55.8 Å². The molecule has 0 bridgehead atoms. The predicted octanol–water partition coefficient (Wildman–Crippen LogP) is 7.74. The minimum absolute atomic E-state index is 0.133. The number of amides is 3. The standard InChI is InChI=1S/C42H48ClN5O5/c1-27-6-12-31(13-7-27)28(2)45-26-35-15-17-38(52-35)33-14-16-37(43)36(23-33)40(50)47-34(22-29-8-10-30(24-44)11-9-29)25-46-39(49)32-18-20-48(21-19-32)41(51)53-42(3,4)5/h6-17,23,28,32,34,45H,18-22,25-26H2,1-5H3,(H,46,49)(H,47,50)/t28?,34-/m1/s1. The highest BCUT2D eigenvalue weighted by molar-refractivity contribution is 6.34. The maximum Gasteiger partial charge on any atom is 0.410 e. The molecule has 53 heavy (non-hydrogen) atoms. The second kappa shape index (κ2) is 17.6. The molecule has 1 saturated heterocycles. The molecule has 1 fully saturated rings. The van der Waals surface area contributed by atoms with Gasteiger partial charge in [0, 0.05) is 37.2 Å². The SMILES string of the molecule is Cc1ccc(C(C)NCc2ccc(-c3ccc(Cl)c(C(=O)N[C@@H](CNC(=O)C4CCN(C(=O)OC(C)(C)C)CC4)Cc4ccc(C#N)cc4)c3)o2)cc1. The number of hydrogen-bond donors (Lipinski definition) is 3. The molecule has 3 amide bonds. The van der Waals surface area contributed by atoms with E-state index in [2.05, 4.69) is 60.1 Å². The predicted molar refractivity (Wildman–Crippen MR) is 205 cm³/mol. The summed E-state index contributed by atoms with van der Waals surface area (Å²) in [5, 5.41) is 19.1. The highest BCUT2D eigenvalue weighted by atomic mass is 35.5. The Morgan fingerprint density at radius 3 is 2.36 bits per heavy atom. The summed E-state index contributed by atoms with van der Waals surface area (Å²) in [5.74, 6) is 0.564. The number of benzene rings is 3. The highest BCUT2D eigenvalue weighted by Crippen LogP contribution is 2.28. The largest absolute Gasteiger partial charge is 0.460 e. The zero-order chi connectivity index (χ0) is 38.1. The van der Waals surface area contributed by atoms with Crippen LogP contribution in [0.15, 0.2) is 83.3 Å². The van der Waals surface area contributed by atoms with Gasteiger partial charge in [-0.15, -0.1) is 0 Å². The van der Waals surface area contributed by atoms with Crippen molar-refractivity contribution < 1.29 is 23.5 Å². The number of nitrogens with zero attached hydrogens (tertiary/aromatic N) is 2. The third kappa shape index (κ3) is 11.2. The van der Waals surface area contributed by atoms with E-state index in [0.717, 1.165) is 11.3 Å². The number of furan rings is 1. The molecule has 0 radical (unpaired) electrons. The molecule has 11 heteroatoms. The number of ether oxygens (including phenoxy) is 1. The normalized spacial score (nSPS) is 14.5. The first kappa shape index (κ1) is 39.1. The molecule has 1 aliphatic heterocycles. The molecule has 2 heterocycles. The maximum absolute atomic E-state index is 13.8. The van der Waals surface area contributed by atoms with Crippen molar-refractivity contribution in [2.45, 2.75) is 78.1 Å². The first-order valence-electron chi connectivity index (χ1n) is 18.0. The quantitative estimate of drug-likeness (QED) is 0.135. The number of halogens is 1. The first-order chi connectivity index (χ1) is 25.3. The highest BCUT2D eigenvalue weighted by Gasteiger charge is 2.30. The van der Waals surface area contributed by atoms with E-state index in [1.807, 2.05) is 51.1 Å². The van der Waals surface area contributed by atoms with Crippen LogP contribution in [0.25, 0.3) is 11.3 Å². The van der Waals surface area contributed by atoms with Gasteiger partial charge in [0.2, 0.25) is 5.91 Å². The van der Waals surface area contributed by atoms with Crippen LogP contribution >= 0.6 is 11.6 Å². The van der Waals surface area contributed by atoms with E-state index in [4.69, 9.17) is 20.8 Å². The van der Waals surface area contributed by atoms with Crippen LogP contribution in [0.3, 0.4) is 0 Å². The Morgan fingerprint density at radius 1 is 1.00 bits per heavy atom. The third-order valence-corrected chi connectivity index (χ3v) is 9.59. The molecule has 0 saturated carbocycles. The average molecular weight is 738 g/mol. The summed E-state index contributed by atoms with van der Waals surface area (Å²) >= 11 is 6.57. The lowest BCUT2D eigenvalue weighted by Crippen LogP contribution is -2.48. The third-order valence-electron chi connectivity index (χ3n) is 9.26. The van der Waals surface area contributed by atoms with Crippen LogP contribution in [-0.4, -0.2) is 54.1 Å². The fourth-order valence-electron chi connectivity index (χ4n) is 6.16. The second-order valence-corrected chi connectivity index (χ2v) is 15.1. The molecule has 2 atom stereocenters. The Kier molecular flexibility index (Phi) is 13.0. The molecule has 278 valence electrons. The Bertz CT molecular complexity index is 1920. The number of nitrogens with one attached hydrogen (secondary N) is 3. The molecule has 4 aromatic rings. The molecular formula is C42H48ClN5O5. The van der Waals surface area contributed by atoms with Gasteiger partial charge >= 0.3 is 6.09 Å². The van der Waals surface area contributed by atoms with Gasteiger partial charge in [0.1, 0.15) is 17.1 Å². The lowest BCUT2D eigenvalue weighted by Gasteiger charge is -2.33. The van der Waals surface area contributed by atoms with Gasteiger partial charge in [-0.25, -0.2) is 4.79 Å². The van der Waals surface area contributed by atoms with Crippen LogP contribution in [0.1, 0.15) is 85.0 Å². The number of rotatable bonds is 12. The van der Waals surface area contributed by atoms with Gasteiger partial charge in [-0.2, -0.15) is 5.26 Å². The lowest BCUT2D eigenvalue weighted by molar-refractivity contribution is -0.126. The van der Waals surface area contributed by atoms with E-state index in [-0.39, 0.29) is 41.1 Å². The summed E-state index contributed by atoms with van der Waals surface area (Å²) in [6, 6.07) is 26.3. The topological polar surface area (TPSA) is 137 Å². The molecule has 3 N–H and O–H groups in total. The van der Waals surface area contributed by atoms with Crippen LogP contribution in [-0.2, 0) is 22.5 Å². The van der Waals surface area contributed by atoms with Crippen molar-refractivity contribution in [2.75, 3.05) is 19.6 Å². The van der Waals surface area contributed by atoms with Crippen molar-refractivity contribution in [1.29, 1.82) is 5.26 Å². The average Bonchev–Trinajstić information content (AvgIpc) is 3.62. The van der Waals surface area contributed by atoms with E-state index in [9.17, 15) is 19.6 Å². The smallest absolute Gasteiger partial charge is 0.410 e. The van der Waals surface area contributed by atoms with Gasteiger partial charge in [0.05, 0.1) is 34.8 Å². The summed E-state index contributed by atoms with van der Waals surface area (Å²) < 4.78 is 11.6. The zero-order valence-electron chi connectivity index (χ0n) is 31.0. The van der Waals surface area contributed by atoms with Crippen LogP contribution in [0.5, 0.6) is 0 Å². The molecule has 1 unspecified atom stereocenters. The fourth-order valence-corrected chi connectivity index (χ4v) is 6.37. The van der Waals surface area contributed by atoms with Crippen molar-refractivity contribution in [3.63, 3.8) is 0 Å². The number of hydrogen-bond acceptors (Lipinski definition) is 7. The second-order valence-electron chi connectivity index (χ2n) is 14.6. The summed E-state index contributed by atoms with van der Waals surface area (Å²) in [7, 11) is 0. The van der Waals surface area contributed by atoms with Gasteiger partial charge in [-0.3, -0.25) is 9.59 Å². The summed E-state index contributed by atoms with van der Waals surface area (Å²) in [6.07, 6.45) is 1.05. The van der Waals surface area contributed by atoms with Crippen molar-refractivity contribution in [1.82, 2.24) is 20.9 Å². The summed E-state index contributed by atoms with van der Waals surface area (Å²) in [6.45, 7) is 11.2. The minimum Gasteiger partial charge on any atom is -0.460 e.